The number of ether oxygens (including phenoxy) is 1. The smallest absolute Gasteiger partial charge is 0.250 e. The first-order chi connectivity index (χ1) is 10.0. The molecule has 0 unspecified atom stereocenters. The van der Waals surface area contributed by atoms with Crippen LogP contribution in [0.3, 0.4) is 0 Å². The highest BCUT2D eigenvalue weighted by atomic mass is 32.2. The maximum absolute atomic E-state index is 12.1. The zero-order chi connectivity index (χ0) is 15.3. The summed E-state index contributed by atoms with van der Waals surface area (Å²) in [4.78, 5) is 0. The van der Waals surface area contributed by atoms with Crippen molar-refractivity contribution in [2.45, 2.75) is 17.2 Å². The Labute approximate surface area is 128 Å². The summed E-state index contributed by atoms with van der Waals surface area (Å²) in [7, 11) is -1.83. The lowest BCUT2D eigenvalue weighted by Crippen LogP contribution is -2.25. The summed E-state index contributed by atoms with van der Waals surface area (Å²) in [5.41, 5.74) is 7.37. The van der Waals surface area contributed by atoms with Crippen LogP contribution < -0.4 is 15.2 Å². The van der Waals surface area contributed by atoms with E-state index in [2.05, 4.69) is 4.72 Å². The van der Waals surface area contributed by atoms with Crippen molar-refractivity contribution < 1.29 is 13.2 Å². The average Bonchev–Trinajstić information content (AvgIpc) is 2.98. The predicted molar refractivity (Wildman–Crippen MR) is 84.1 cm³/mol. The fourth-order valence-corrected chi connectivity index (χ4v) is 4.09. The normalized spacial score (nSPS) is 11.5. The first kappa shape index (κ1) is 16.0. The van der Waals surface area contributed by atoms with Crippen molar-refractivity contribution in [2.75, 3.05) is 13.7 Å². The molecule has 1 aromatic heterocycles. The Morgan fingerprint density at radius 1 is 1.24 bits per heavy atom. The topological polar surface area (TPSA) is 81.4 Å². The van der Waals surface area contributed by atoms with Gasteiger partial charge in [-0.05, 0) is 41.1 Å². The third-order valence-electron chi connectivity index (χ3n) is 3.00. The van der Waals surface area contributed by atoms with Gasteiger partial charge in [0.1, 0.15) is 9.96 Å². The first-order valence-electron chi connectivity index (χ1n) is 6.45. The van der Waals surface area contributed by atoms with Gasteiger partial charge in [-0.3, -0.25) is 0 Å². The monoisotopic (exact) mass is 326 g/mol. The molecule has 2 rings (SSSR count). The zero-order valence-electron chi connectivity index (χ0n) is 11.7. The molecule has 0 bridgehead atoms. The highest BCUT2D eigenvalue weighted by molar-refractivity contribution is 7.91. The van der Waals surface area contributed by atoms with Gasteiger partial charge >= 0.3 is 0 Å². The fourth-order valence-electron chi connectivity index (χ4n) is 1.79. The van der Waals surface area contributed by atoms with E-state index in [0.717, 1.165) is 16.9 Å². The molecule has 0 aliphatic carbocycles. The summed E-state index contributed by atoms with van der Waals surface area (Å²) >= 11 is 1.19. The van der Waals surface area contributed by atoms with Crippen molar-refractivity contribution in [3.8, 4) is 5.75 Å². The lowest BCUT2D eigenvalue weighted by atomic mass is 10.1. The van der Waals surface area contributed by atoms with Crippen molar-refractivity contribution in [3.63, 3.8) is 0 Å². The van der Waals surface area contributed by atoms with E-state index in [1.807, 2.05) is 24.3 Å². The number of methoxy groups -OCH3 is 1. The van der Waals surface area contributed by atoms with Crippen molar-refractivity contribution in [1.29, 1.82) is 0 Å². The molecule has 0 radical (unpaired) electrons. The van der Waals surface area contributed by atoms with E-state index < -0.39 is 10.0 Å². The molecule has 5 nitrogen and oxygen atoms in total. The number of hydrogen-bond acceptors (Lipinski definition) is 5. The van der Waals surface area contributed by atoms with E-state index in [1.54, 1.807) is 18.6 Å². The summed E-state index contributed by atoms with van der Waals surface area (Å²) in [5, 5.41) is 1.76. The third kappa shape index (κ3) is 4.28. The largest absolute Gasteiger partial charge is 0.497 e. The lowest BCUT2D eigenvalue weighted by molar-refractivity contribution is 0.414. The number of nitrogens with one attached hydrogen (secondary N) is 1. The second-order valence-corrected chi connectivity index (χ2v) is 7.38. The van der Waals surface area contributed by atoms with E-state index in [-0.39, 0.29) is 0 Å². The molecule has 1 aromatic carbocycles. The Hall–Kier alpha value is -1.41. The molecule has 3 N–H and O–H groups in total. The zero-order valence-corrected chi connectivity index (χ0v) is 13.3. The van der Waals surface area contributed by atoms with Crippen LogP contribution >= 0.6 is 11.3 Å². The van der Waals surface area contributed by atoms with E-state index in [9.17, 15) is 8.42 Å². The second-order valence-electron chi connectivity index (χ2n) is 4.47. The number of thiophene rings is 1. The van der Waals surface area contributed by atoms with E-state index in [4.69, 9.17) is 10.5 Å². The minimum absolute atomic E-state index is 0.303. The van der Waals surface area contributed by atoms with Crippen molar-refractivity contribution in [2.24, 2.45) is 5.73 Å². The molecule has 0 saturated heterocycles. The van der Waals surface area contributed by atoms with Crippen LogP contribution in [-0.4, -0.2) is 22.1 Å². The number of benzene rings is 1. The molecule has 0 atom stereocenters. The van der Waals surface area contributed by atoms with Gasteiger partial charge in [0.15, 0.2) is 0 Å². The van der Waals surface area contributed by atoms with Crippen LogP contribution in [0.5, 0.6) is 5.75 Å². The molecule has 2 aromatic rings. The van der Waals surface area contributed by atoms with Crippen molar-refractivity contribution in [3.05, 3.63) is 46.8 Å². The predicted octanol–water partition coefficient (Wildman–Crippen LogP) is 1.74. The van der Waals surface area contributed by atoms with E-state index in [0.29, 0.717) is 23.7 Å². The van der Waals surface area contributed by atoms with Gasteiger partial charge < -0.3 is 10.5 Å². The maximum Gasteiger partial charge on any atom is 0.250 e. The molecule has 0 aliphatic heterocycles. The first-order valence-corrected chi connectivity index (χ1v) is 8.81. The van der Waals surface area contributed by atoms with Crippen LogP contribution in [0, 0.1) is 0 Å². The maximum atomic E-state index is 12.1. The van der Waals surface area contributed by atoms with Crippen LogP contribution in [0.15, 0.2) is 39.9 Å². The Morgan fingerprint density at radius 2 is 1.95 bits per heavy atom. The molecular formula is C14H18N2O3S2. The van der Waals surface area contributed by atoms with Gasteiger partial charge in [-0.15, -0.1) is 11.3 Å². The number of hydrogen-bond donors (Lipinski definition) is 2. The number of sulfonamides is 1. The van der Waals surface area contributed by atoms with Crippen LogP contribution in [0.1, 0.15) is 11.1 Å². The lowest BCUT2D eigenvalue weighted by Gasteiger charge is -2.06. The van der Waals surface area contributed by atoms with Crippen molar-refractivity contribution in [1.82, 2.24) is 4.72 Å². The highest BCUT2D eigenvalue weighted by Crippen LogP contribution is 2.19. The number of nitrogens with two attached hydrogens (primary N) is 1. The molecule has 1 heterocycles. The van der Waals surface area contributed by atoms with Crippen LogP contribution in [0.4, 0.5) is 0 Å². The Morgan fingerprint density at radius 3 is 2.52 bits per heavy atom. The van der Waals surface area contributed by atoms with Gasteiger partial charge in [0.2, 0.25) is 10.0 Å². The van der Waals surface area contributed by atoms with Crippen LogP contribution in [0.25, 0.3) is 0 Å². The van der Waals surface area contributed by atoms with Gasteiger partial charge in [0.25, 0.3) is 0 Å². The summed E-state index contributed by atoms with van der Waals surface area (Å²) in [6, 6.07) is 9.17. The highest BCUT2D eigenvalue weighted by Gasteiger charge is 2.15. The summed E-state index contributed by atoms with van der Waals surface area (Å²) in [6.45, 7) is 0.697. The number of rotatable bonds is 7. The van der Waals surface area contributed by atoms with Crippen LogP contribution in [-0.2, 0) is 23.0 Å². The molecule has 0 saturated carbocycles. The van der Waals surface area contributed by atoms with Crippen molar-refractivity contribution >= 4 is 21.4 Å². The molecule has 0 aliphatic rings. The average molecular weight is 326 g/mol. The fraction of sp³-hybridized carbons (Fsp3) is 0.286. The SMILES string of the molecule is COc1ccc(CCNS(=O)(=O)c2cc(CN)cs2)cc1. The quantitative estimate of drug-likeness (QED) is 0.812. The summed E-state index contributed by atoms with van der Waals surface area (Å²) in [6.07, 6.45) is 0.623. The molecule has 0 amide bonds. The standard InChI is InChI=1S/C14H18N2O3S2/c1-19-13-4-2-11(3-5-13)6-7-16-21(17,18)14-8-12(9-15)10-20-14/h2-5,8,10,16H,6-7,9,15H2,1H3. The molecule has 7 heteroatoms. The van der Waals surface area contributed by atoms with Gasteiger partial charge in [-0.1, -0.05) is 12.1 Å². The summed E-state index contributed by atoms with van der Waals surface area (Å²) in [5.74, 6) is 0.784. The Bertz CT molecular complexity index is 678. The molecular weight excluding hydrogens is 308 g/mol. The third-order valence-corrected chi connectivity index (χ3v) is 5.94. The van der Waals surface area contributed by atoms with E-state index >= 15 is 0 Å². The second kappa shape index (κ2) is 7.04. The Kier molecular flexibility index (Phi) is 5.35. The van der Waals surface area contributed by atoms with Gasteiger partial charge in [-0.2, -0.15) is 0 Å². The molecule has 21 heavy (non-hydrogen) atoms. The minimum Gasteiger partial charge on any atom is -0.497 e. The summed E-state index contributed by atoms with van der Waals surface area (Å²) < 4.78 is 32.2. The van der Waals surface area contributed by atoms with Gasteiger partial charge in [0, 0.05) is 13.1 Å². The molecule has 0 fully saturated rings. The Balaban J connectivity index is 1.92. The minimum atomic E-state index is -3.44. The molecule has 114 valence electrons. The molecule has 0 spiro atoms. The van der Waals surface area contributed by atoms with E-state index in [1.165, 1.54) is 11.3 Å². The van der Waals surface area contributed by atoms with Gasteiger partial charge in [-0.25, -0.2) is 13.1 Å². The van der Waals surface area contributed by atoms with Gasteiger partial charge in [0.05, 0.1) is 7.11 Å². The van der Waals surface area contributed by atoms with Crippen LogP contribution in [0.2, 0.25) is 0 Å².